The molecule has 1 heterocycles. The number of carbonyl (C=O) groups excluding carboxylic acids is 1. The van der Waals surface area contributed by atoms with Crippen LogP contribution in [0.15, 0.2) is 48.5 Å². The molecule has 150 valence electrons. The Morgan fingerprint density at radius 1 is 1.07 bits per heavy atom. The van der Waals surface area contributed by atoms with Crippen LogP contribution in [-0.2, 0) is 11.3 Å². The highest BCUT2D eigenvalue weighted by molar-refractivity contribution is 5.77. The Hall–Kier alpha value is -2.53. The van der Waals surface area contributed by atoms with E-state index in [9.17, 15) is 4.79 Å². The fourth-order valence-corrected chi connectivity index (χ4v) is 3.37. The third-order valence-electron chi connectivity index (χ3n) is 5.21. The summed E-state index contributed by atoms with van der Waals surface area (Å²) in [6, 6.07) is 16.2. The SMILES string of the molecule is CC(C)c1cccc(OCC(=O)NCc2ccccc2N2CCN(C)CC2)c1. The van der Waals surface area contributed by atoms with E-state index in [1.165, 1.54) is 11.3 Å². The minimum absolute atomic E-state index is 0.0260. The monoisotopic (exact) mass is 381 g/mol. The quantitative estimate of drug-likeness (QED) is 0.800. The van der Waals surface area contributed by atoms with Crippen LogP contribution in [0.2, 0.25) is 0 Å². The zero-order valence-corrected chi connectivity index (χ0v) is 17.1. The molecular weight excluding hydrogens is 350 g/mol. The van der Waals surface area contributed by atoms with Crippen LogP contribution in [-0.4, -0.2) is 50.6 Å². The van der Waals surface area contributed by atoms with E-state index >= 15 is 0 Å². The number of likely N-dealkylation sites (N-methyl/N-ethyl adjacent to an activating group) is 1. The molecule has 1 aliphatic rings. The van der Waals surface area contributed by atoms with Crippen molar-refractivity contribution in [2.45, 2.75) is 26.3 Å². The van der Waals surface area contributed by atoms with Gasteiger partial charge in [-0.1, -0.05) is 44.2 Å². The van der Waals surface area contributed by atoms with Crippen molar-refractivity contribution in [1.82, 2.24) is 10.2 Å². The van der Waals surface area contributed by atoms with Crippen molar-refractivity contribution in [2.75, 3.05) is 44.7 Å². The van der Waals surface area contributed by atoms with Gasteiger partial charge in [0, 0.05) is 38.4 Å². The normalized spacial score (nSPS) is 14.9. The second kappa shape index (κ2) is 9.60. The second-order valence-corrected chi connectivity index (χ2v) is 7.71. The molecule has 0 aromatic heterocycles. The Kier molecular flexibility index (Phi) is 6.93. The number of carbonyl (C=O) groups is 1. The lowest BCUT2D eigenvalue weighted by atomic mass is 10.0. The molecule has 1 aliphatic heterocycles. The third-order valence-corrected chi connectivity index (χ3v) is 5.21. The minimum Gasteiger partial charge on any atom is -0.484 e. The summed E-state index contributed by atoms with van der Waals surface area (Å²) in [6.45, 7) is 8.96. The van der Waals surface area contributed by atoms with Gasteiger partial charge in [0.25, 0.3) is 5.91 Å². The van der Waals surface area contributed by atoms with Gasteiger partial charge in [0.15, 0.2) is 6.61 Å². The van der Waals surface area contributed by atoms with Gasteiger partial charge in [0.1, 0.15) is 5.75 Å². The fraction of sp³-hybridized carbons (Fsp3) is 0.435. The average Bonchev–Trinajstić information content (AvgIpc) is 2.72. The van der Waals surface area contributed by atoms with Gasteiger partial charge < -0.3 is 19.9 Å². The molecule has 5 heteroatoms. The zero-order valence-electron chi connectivity index (χ0n) is 17.1. The summed E-state index contributed by atoms with van der Waals surface area (Å²) in [5, 5.41) is 2.99. The summed E-state index contributed by atoms with van der Waals surface area (Å²) >= 11 is 0. The molecule has 2 aromatic carbocycles. The van der Waals surface area contributed by atoms with Crippen LogP contribution in [0.25, 0.3) is 0 Å². The Labute approximate surface area is 168 Å². The van der Waals surface area contributed by atoms with Gasteiger partial charge in [0.05, 0.1) is 0 Å². The van der Waals surface area contributed by atoms with E-state index in [2.05, 4.69) is 60.3 Å². The molecule has 5 nitrogen and oxygen atoms in total. The topological polar surface area (TPSA) is 44.8 Å². The first-order chi connectivity index (χ1) is 13.5. The van der Waals surface area contributed by atoms with Crippen LogP contribution >= 0.6 is 0 Å². The number of piperazine rings is 1. The lowest BCUT2D eigenvalue weighted by Crippen LogP contribution is -2.45. The maximum atomic E-state index is 12.3. The van der Waals surface area contributed by atoms with Crippen LogP contribution in [0.4, 0.5) is 5.69 Å². The zero-order chi connectivity index (χ0) is 19.9. The molecule has 3 rings (SSSR count). The molecule has 0 aliphatic carbocycles. The van der Waals surface area contributed by atoms with Gasteiger partial charge in [-0.3, -0.25) is 4.79 Å². The van der Waals surface area contributed by atoms with Crippen molar-refractivity contribution < 1.29 is 9.53 Å². The van der Waals surface area contributed by atoms with E-state index in [1.807, 2.05) is 24.3 Å². The molecule has 1 N–H and O–H groups in total. The predicted molar refractivity (Wildman–Crippen MR) is 114 cm³/mol. The number of benzene rings is 2. The van der Waals surface area contributed by atoms with Gasteiger partial charge in [0.2, 0.25) is 0 Å². The molecule has 0 saturated carbocycles. The molecule has 0 radical (unpaired) electrons. The van der Waals surface area contributed by atoms with Crippen molar-refractivity contribution in [3.05, 3.63) is 59.7 Å². The minimum atomic E-state index is -0.108. The average molecular weight is 382 g/mol. The molecule has 1 fully saturated rings. The molecule has 0 bridgehead atoms. The van der Waals surface area contributed by atoms with Gasteiger partial charge in [-0.15, -0.1) is 0 Å². The lowest BCUT2D eigenvalue weighted by molar-refractivity contribution is -0.123. The molecule has 1 saturated heterocycles. The lowest BCUT2D eigenvalue weighted by Gasteiger charge is -2.35. The van der Waals surface area contributed by atoms with Crippen LogP contribution in [0.3, 0.4) is 0 Å². The number of nitrogens with one attached hydrogen (secondary N) is 1. The molecule has 0 unspecified atom stereocenters. The molecule has 28 heavy (non-hydrogen) atoms. The Balaban J connectivity index is 1.53. The van der Waals surface area contributed by atoms with E-state index < -0.39 is 0 Å². The number of para-hydroxylation sites is 1. The number of hydrogen-bond donors (Lipinski definition) is 1. The maximum absolute atomic E-state index is 12.3. The summed E-state index contributed by atoms with van der Waals surface area (Å²) in [7, 11) is 2.15. The first-order valence-corrected chi connectivity index (χ1v) is 10.0. The summed E-state index contributed by atoms with van der Waals surface area (Å²) in [5.41, 5.74) is 3.56. The highest BCUT2D eigenvalue weighted by Crippen LogP contribution is 2.22. The number of anilines is 1. The van der Waals surface area contributed by atoms with Crippen molar-refractivity contribution >= 4 is 11.6 Å². The third kappa shape index (κ3) is 5.49. The van der Waals surface area contributed by atoms with Crippen LogP contribution in [0.5, 0.6) is 5.75 Å². The van der Waals surface area contributed by atoms with Crippen LogP contribution in [0.1, 0.15) is 30.9 Å². The molecular formula is C23H31N3O2. The second-order valence-electron chi connectivity index (χ2n) is 7.71. The van der Waals surface area contributed by atoms with Crippen molar-refractivity contribution in [1.29, 1.82) is 0 Å². The largest absolute Gasteiger partial charge is 0.484 e. The Morgan fingerprint density at radius 3 is 2.57 bits per heavy atom. The molecule has 0 spiro atoms. The molecule has 0 atom stereocenters. The molecule has 1 amide bonds. The standard InChI is InChI=1S/C23H31N3O2/c1-18(2)19-8-6-9-21(15-19)28-17-23(27)24-16-20-7-4-5-10-22(20)26-13-11-25(3)12-14-26/h4-10,15,18H,11-14,16-17H2,1-3H3,(H,24,27). The number of ether oxygens (including phenoxy) is 1. The van der Waals surface area contributed by atoms with E-state index in [1.54, 1.807) is 0 Å². The van der Waals surface area contributed by atoms with Crippen molar-refractivity contribution in [2.24, 2.45) is 0 Å². The first-order valence-electron chi connectivity index (χ1n) is 10.0. The summed E-state index contributed by atoms with van der Waals surface area (Å²) in [4.78, 5) is 17.0. The summed E-state index contributed by atoms with van der Waals surface area (Å²) in [6.07, 6.45) is 0. The van der Waals surface area contributed by atoms with E-state index in [0.717, 1.165) is 37.5 Å². The smallest absolute Gasteiger partial charge is 0.258 e. The number of amides is 1. The molecule has 2 aromatic rings. The summed E-state index contributed by atoms with van der Waals surface area (Å²) in [5.74, 6) is 1.06. The number of rotatable bonds is 7. The van der Waals surface area contributed by atoms with Gasteiger partial charge in [-0.25, -0.2) is 0 Å². The number of hydrogen-bond acceptors (Lipinski definition) is 4. The Morgan fingerprint density at radius 2 is 1.82 bits per heavy atom. The maximum Gasteiger partial charge on any atom is 0.258 e. The van der Waals surface area contributed by atoms with Gasteiger partial charge in [-0.05, 0) is 42.3 Å². The van der Waals surface area contributed by atoms with E-state index in [0.29, 0.717) is 12.5 Å². The number of nitrogens with zero attached hydrogens (tertiary/aromatic N) is 2. The van der Waals surface area contributed by atoms with Gasteiger partial charge >= 0.3 is 0 Å². The first kappa shape index (κ1) is 20.2. The van der Waals surface area contributed by atoms with Crippen molar-refractivity contribution in [3.8, 4) is 5.75 Å². The van der Waals surface area contributed by atoms with E-state index in [-0.39, 0.29) is 12.5 Å². The van der Waals surface area contributed by atoms with Crippen LogP contribution < -0.4 is 15.0 Å². The van der Waals surface area contributed by atoms with Crippen LogP contribution in [0, 0.1) is 0 Å². The highest BCUT2D eigenvalue weighted by Gasteiger charge is 2.17. The predicted octanol–water partition coefficient (Wildman–Crippen LogP) is 3.26. The highest BCUT2D eigenvalue weighted by atomic mass is 16.5. The van der Waals surface area contributed by atoms with Crippen molar-refractivity contribution in [3.63, 3.8) is 0 Å². The van der Waals surface area contributed by atoms with E-state index in [4.69, 9.17) is 4.74 Å². The van der Waals surface area contributed by atoms with Gasteiger partial charge in [-0.2, -0.15) is 0 Å². The Bertz CT molecular complexity index is 783. The fourth-order valence-electron chi connectivity index (χ4n) is 3.37. The summed E-state index contributed by atoms with van der Waals surface area (Å²) < 4.78 is 5.68.